The number of rotatable bonds is 2. The number of nitrogens with zero attached hydrogens (tertiary/aromatic N) is 1. The van der Waals surface area contributed by atoms with E-state index < -0.39 is 17.5 Å². The van der Waals surface area contributed by atoms with Gasteiger partial charge in [-0.1, -0.05) is 0 Å². The fourth-order valence-corrected chi connectivity index (χ4v) is 1.62. The molecule has 3 nitrogen and oxygen atoms in total. The second-order valence-corrected chi connectivity index (χ2v) is 3.81. The number of aromatic nitrogens is 1. The van der Waals surface area contributed by atoms with E-state index >= 15 is 0 Å². The highest BCUT2D eigenvalue weighted by Gasteiger charge is 2.09. The van der Waals surface area contributed by atoms with Crippen LogP contribution in [0.15, 0.2) is 29.8 Å². The highest BCUT2D eigenvalue weighted by molar-refractivity contribution is 7.11. The van der Waals surface area contributed by atoms with Crippen LogP contribution in [0.2, 0.25) is 0 Å². The third-order valence-electron chi connectivity index (χ3n) is 1.80. The third-order valence-corrected chi connectivity index (χ3v) is 2.58. The molecule has 2 rings (SSSR count). The molecule has 0 saturated carbocycles. The Morgan fingerprint density at radius 3 is 2.75 bits per heavy atom. The van der Waals surface area contributed by atoms with Gasteiger partial charge < -0.3 is 5.32 Å². The molecule has 0 fully saturated rings. The summed E-state index contributed by atoms with van der Waals surface area (Å²) in [5, 5.41) is 4.34. The van der Waals surface area contributed by atoms with Gasteiger partial charge >= 0.3 is 0 Å². The Morgan fingerprint density at radius 1 is 1.31 bits per heavy atom. The Labute approximate surface area is 93.8 Å². The summed E-state index contributed by atoms with van der Waals surface area (Å²) in [5.41, 5.74) is 0.194. The van der Waals surface area contributed by atoms with Crippen molar-refractivity contribution in [2.75, 3.05) is 5.32 Å². The molecule has 0 saturated heterocycles. The van der Waals surface area contributed by atoms with Crippen LogP contribution in [-0.4, -0.2) is 10.9 Å². The van der Waals surface area contributed by atoms with E-state index in [4.69, 9.17) is 0 Å². The first-order chi connectivity index (χ1) is 7.66. The van der Waals surface area contributed by atoms with E-state index in [9.17, 15) is 13.6 Å². The fourth-order valence-electron chi connectivity index (χ4n) is 1.09. The largest absolute Gasteiger partial charge is 0.320 e. The van der Waals surface area contributed by atoms with E-state index in [0.717, 1.165) is 12.1 Å². The molecule has 1 N–H and O–H groups in total. The SMILES string of the molecule is O=C(Nc1ccc(F)c(F)c1)c1nccs1. The Morgan fingerprint density at radius 2 is 2.12 bits per heavy atom. The van der Waals surface area contributed by atoms with E-state index in [2.05, 4.69) is 10.3 Å². The second-order valence-electron chi connectivity index (χ2n) is 2.92. The van der Waals surface area contributed by atoms with E-state index in [1.807, 2.05) is 0 Å². The predicted molar refractivity (Wildman–Crippen MR) is 56.4 cm³/mol. The Hall–Kier alpha value is -1.82. The maximum absolute atomic E-state index is 12.8. The maximum atomic E-state index is 12.8. The zero-order chi connectivity index (χ0) is 11.5. The van der Waals surface area contributed by atoms with Gasteiger partial charge in [0.25, 0.3) is 5.91 Å². The molecular weight excluding hydrogens is 234 g/mol. The van der Waals surface area contributed by atoms with Gasteiger partial charge in [-0.05, 0) is 12.1 Å². The van der Waals surface area contributed by atoms with Crippen molar-refractivity contribution in [1.82, 2.24) is 4.98 Å². The molecule has 1 aromatic carbocycles. The highest BCUT2D eigenvalue weighted by atomic mass is 32.1. The third kappa shape index (κ3) is 2.22. The number of thiazole rings is 1. The number of benzene rings is 1. The van der Waals surface area contributed by atoms with Crippen molar-refractivity contribution in [3.8, 4) is 0 Å². The Bertz CT molecular complexity index is 514. The molecule has 0 aliphatic heterocycles. The average Bonchev–Trinajstić information content (AvgIpc) is 2.77. The summed E-state index contributed by atoms with van der Waals surface area (Å²) in [6.07, 6.45) is 1.49. The fraction of sp³-hybridized carbons (Fsp3) is 0. The van der Waals surface area contributed by atoms with E-state index in [-0.39, 0.29) is 10.7 Å². The highest BCUT2D eigenvalue weighted by Crippen LogP contribution is 2.14. The van der Waals surface area contributed by atoms with Gasteiger partial charge in [0, 0.05) is 23.3 Å². The first kappa shape index (κ1) is 10.7. The Kier molecular flexibility index (Phi) is 2.91. The minimum Gasteiger partial charge on any atom is -0.320 e. The molecule has 2 aromatic rings. The molecular formula is C10H6F2N2OS. The zero-order valence-corrected chi connectivity index (χ0v) is 8.72. The number of nitrogens with one attached hydrogen (secondary N) is 1. The van der Waals surface area contributed by atoms with Gasteiger partial charge in [-0.3, -0.25) is 4.79 Å². The summed E-state index contributed by atoms with van der Waals surface area (Å²) in [4.78, 5) is 15.3. The maximum Gasteiger partial charge on any atom is 0.284 e. The first-order valence-corrected chi connectivity index (χ1v) is 5.20. The van der Waals surface area contributed by atoms with Crippen LogP contribution in [0.25, 0.3) is 0 Å². The number of carbonyl (C=O) groups excluding carboxylic acids is 1. The molecule has 0 atom stereocenters. The van der Waals surface area contributed by atoms with Gasteiger partial charge in [-0.15, -0.1) is 11.3 Å². The molecule has 1 amide bonds. The summed E-state index contributed by atoms with van der Waals surface area (Å²) >= 11 is 1.17. The number of halogens is 2. The number of carbonyl (C=O) groups is 1. The molecule has 1 heterocycles. The van der Waals surface area contributed by atoms with Crippen molar-refractivity contribution >= 4 is 22.9 Å². The van der Waals surface area contributed by atoms with Crippen molar-refractivity contribution in [3.63, 3.8) is 0 Å². The second kappa shape index (κ2) is 4.36. The number of anilines is 1. The molecule has 0 bridgehead atoms. The predicted octanol–water partition coefficient (Wildman–Crippen LogP) is 2.67. The van der Waals surface area contributed by atoms with Crippen LogP contribution in [0, 0.1) is 11.6 Å². The average molecular weight is 240 g/mol. The molecule has 16 heavy (non-hydrogen) atoms. The summed E-state index contributed by atoms with van der Waals surface area (Å²) in [7, 11) is 0. The number of hydrogen-bond donors (Lipinski definition) is 1. The standard InChI is InChI=1S/C10H6F2N2OS/c11-7-2-1-6(5-8(7)12)14-9(15)10-13-3-4-16-10/h1-5H,(H,14,15). The molecule has 82 valence electrons. The molecule has 1 aromatic heterocycles. The molecule has 0 spiro atoms. The zero-order valence-electron chi connectivity index (χ0n) is 7.91. The Balaban J connectivity index is 2.15. The van der Waals surface area contributed by atoms with Crippen molar-refractivity contribution in [3.05, 3.63) is 46.4 Å². The van der Waals surface area contributed by atoms with Crippen molar-refractivity contribution in [2.45, 2.75) is 0 Å². The van der Waals surface area contributed by atoms with Gasteiger partial charge in [-0.2, -0.15) is 0 Å². The van der Waals surface area contributed by atoms with E-state index in [1.165, 1.54) is 23.6 Å². The lowest BCUT2D eigenvalue weighted by molar-refractivity contribution is 0.102. The summed E-state index contributed by atoms with van der Waals surface area (Å²) in [6.45, 7) is 0. The van der Waals surface area contributed by atoms with Gasteiger partial charge in [0.1, 0.15) is 0 Å². The van der Waals surface area contributed by atoms with E-state index in [1.54, 1.807) is 5.38 Å². The van der Waals surface area contributed by atoms with Gasteiger partial charge in [0.15, 0.2) is 16.6 Å². The lowest BCUT2D eigenvalue weighted by Crippen LogP contribution is -2.11. The molecule has 0 aliphatic rings. The van der Waals surface area contributed by atoms with Crippen LogP contribution in [0.3, 0.4) is 0 Å². The van der Waals surface area contributed by atoms with Crippen LogP contribution < -0.4 is 5.32 Å². The summed E-state index contributed by atoms with van der Waals surface area (Å²) in [6, 6.07) is 3.15. The minimum absolute atomic E-state index is 0.194. The van der Waals surface area contributed by atoms with Crippen molar-refractivity contribution in [1.29, 1.82) is 0 Å². The van der Waals surface area contributed by atoms with Gasteiger partial charge in [-0.25, -0.2) is 13.8 Å². The number of hydrogen-bond acceptors (Lipinski definition) is 3. The first-order valence-electron chi connectivity index (χ1n) is 4.33. The van der Waals surface area contributed by atoms with Crippen LogP contribution in [0.4, 0.5) is 14.5 Å². The van der Waals surface area contributed by atoms with Crippen LogP contribution in [0.1, 0.15) is 9.80 Å². The van der Waals surface area contributed by atoms with Crippen LogP contribution in [-0.2, 0) is 0 Å². The lowest BCUT2D eigenvalue weighted by atomic mass is 10.3. The lowest BCUT2D eigenvalue weighted by Gasteiger charge is -2.02. The van der Waals surface area contributed by atoms with Crippen molar-refractivity contribution < 1.29 is 13.6 Å². The normalized spacial score (nSPS) is 10.1. The van der Waals surface area contributed by atoms with Gasteiger partial charge in [0.2, 0.25) is 0 Å². The quantitative estimate of drug-likeness (QED) is 0.876. The summed E-state index contributed by atoms with van der Waals surface area (Å²) in [5.74, 6) is -2.40. The molecule has 0 unspecified atom stereocenters. The van der Waals surface area contributed by atoms with Crippen LogP contribution >= 0.6 is 11.3 Å². The van der Waals surface area contributed by atoms with Crippen LogP contribution in [0.5, 0.6) is 0 Å². The monoisotopic (exact) mass is 240 g/mol. The topological polar surface area (TPSA) is 42.0 Å². The molecule has 0 radical (unpaired) electrons. The smallest absolute Gasteiger partial charge is 0.284 e. The van der Waals surface area contributed by atoms with Gasteiger partial charge in [0.05, 0.1) is 0 Å². The summed E-state index contributed by atoms with van der Waals surface area (Å²) < 4.78 is 25.4. The number of amides is 1. The molecule has 6 heteroatoms. The van der Waals surface area contributed by atoms with Crippen molar-refractivity contribution in [2.24, 2.45) is 0 Å². The molecule has 0 aliphatic carbocycles. The van der Waals surface area contributed by atoms with E-state index in [0.29, 0.717) is 0 Å². The minimum atomic E-state index is -1.00.